The molecule has 0 saturated heterocycles. The average Bonchev–Trinajstić information content (AvgIpc) is 2.26. The van der Waals surface area contributed by atoms with Gasteiger partial charge in [-0.05, 0) is 34.5 Å². The maximum absolute atomic E-state index is 13.1. The number of carbonyl (C=O) groups excluding carboxylic acids is 1. The molecule has 0 amide bonds. The van der Waals surface area contributed by atoms with E-state index in [0.29, 0.717) is 16.8 Å². The fraction of sp³-hybridized carbons (Fsp3) is 0.364. The van der Waals surface area contributed by atoms with Crippen molar-refractivity contribution in [3.63, 3.8) is 0 Å². The van der Waals surface area contributed by atoms with Gasteiger partial charge in [0.1, 0.15) is 17.1 Å². The van der Waals surface area contributed by atoms with Crippen molar-refractivity contribution in [2.75, 3.05) is 13.7 Å². The van der Waals surface area contributed by atoms with Crippen LogP contribution in [0.4, 0.5) is 4.39 Å². The molecule has 1 aromatic rings. The smallest absolute Gasteiger partial charge is 0.341 e. The Bertz CT molecular complexity index is 393. The Kier molecular flexibility index (Phi) is 4.73. The standard InChI is InChI=1S/C11H12BrFO3/c1-3-4-16-10-8(11(14)15-2)5-7(13)6-9(10)12/h5-6H,3-4H2,1-2H3. The van der Waals surface area contributed by atoms with E-state index in [4.69, 9.17) is 4.74 Å². The van der Waals surface area contributed by atoms with Crippen LogP contribution in [0.25, 0.3) is 0 Å². The molecule has 0 aromatic heterocycles. The first-order valence-electron chi connectivity index (χ1n) is 4.80. The lowest BCUT2D eigenvalue weighted by Gasteiger charge is -2.11. The van der Waals surface area contributed by atoms with E-state index in [0.717, 1.165) is 12.5 Å². The summed E-state index contributed by atoms with van der Waals surface area (Å²) in [6.07, 6.45) is 0.796. The Morgan fingerprint density at radius 3 is 2.75 bits per heavy atom. The number of methoxy groups -OCH3 is 1. The van der Waals surface area contributed by atoms with Gasteiger partial charge < -0.3 is 9.47 Å². The van der Waals surface area contributed by atoms with Gasteiger partial charge in [-0.2, -0.15) is 0 Å². The van der Waals surface area contributed by atoms with Crippen LogP contribution in [-0.2, 0) is 4.74 Å². The predicted molar refractivity (Wildman–Crippen MR) is 61.2 cm³/mol. The Balaban J connectivity index is 3.15. The first kappa shape index (κ1) is 13.0. The monoisotopic (exact) mass is 290 g/mol. The molecule has 16 heavy (non-hydrogen) atoms. The van der Waals surface area contributed by atoms with E-state index in [1.54, 1.807) is 0 Å². The molecule has 1 rings (SSSR count). The van der Waals surface area contributed by atoms with Crippen molar-refractivity contribution in [1.82, 2.24) is 0 Å². The summed E-state index contributed by atoms with van der Waals surface area (Å²) in [7, 11) is 1.24. The molecule has 0 aliphatic heterocycles. The molecule has 0 heterocycles. The molecule has 0 bridgehead atoms. The van der Waals surface area contributed by atoms with Crippen molar-refractivity contribution in [2.24, 2.45) is 0 Å². The molecule has 88 valence electrons. The number of hydrogen-bond donors (Lipinski definition) is 0. The molecule has 0 saturated carbocycles. The Hall–Kier alpha value is -1.10. The molecule has 0 aliphatic rings. The van der Waals surface area contributed by atoms with Crippen molar-refractivity contribution in [2.45, 2.75) is 13.3 Å². The zero-order chi connectivity index (χ0) is 12.1. The molecule has 0 fully saturated rings. The van der Waals surface area contributed by atoms with Crippen molar-refractivity contribution in [3.8, 4) is 5.75 Å². The van der Waals surface area contributed by atoms with E-state index in [1.165, 1.54) is 13.2 Å². The van der Waals surface area contributed by atoms with Crippen LogP contribution < -0.4 is 4.74 Å². The normalized spacial score (nSPS) is 10.0. The van der Waals surface area contributed by atoms with Crippen LogP contribution in [0.3, 0.4) is 0 Å². The van der Waals surface area contributed by atoms with Crippen LogP contribution in [-0.4, -0.2) is 19.7 Å². The van der Waals surface area contributed by atoms with Crippen molar-refractivity contribution in [1.29, 1.82) is 0 Å². The van der Waals surface area contributed by atoms with Gasteiger partial charge in [0.15, 0.2) is 0 Å². The van der Waals surface area contributed by atoms with Crippen LogP contribution in [0.1, 0.15) is 23.7 Å². The van der Waals surface area contributed by atoms with Gasteiger partial charge in [-0.1, -0.05) is 6.92 Å². The quantitative estimate of drug-likeness (QED) is 0.799. The van der Waals surface area contributed by atoms with E-state index in [-0.39, 0.29) is 5.56 Å². The summed E-state index contributed by atoms with van der Waals surface area (Å²) in [5, 5.41) is 0. The number of halogens is 2. The fourth-order valence-corrected chi connectivity index (χ4v) is 1.72. The minimum atomic E-state index is -0.619. The second-order valence-electron chi connectivity index (χ2n) is 3.10. The van der Waals surface area contributed by atoms with Gasteiger partial charge in [-0.15, -0.1) is 0 Å². The number of esters is 1. The van der Waals surface area contributed by atoms with E-state index >= 15 is 0 Å². The Labute approximate surface area is 102 Å². The van der Waals surface area contributed by atoms with Gasteiger partial charge in [0.25, 0.3) is 0 Å². The van der Waals surface area contributed by atoms with Gasteiger partial charge >= 0.3 is 5.97 Å². The number of benzene rings is 1. The van der Waals surface area contributed by atoms with Crippen molar-refractivity contribution in [3.05, 3.63) is 28.0 Å². The summed E-state index contributed by atoms with van der Waals surface area (Å²) in [6.45, 7) is 2.39. The van der Waals surface area contributed by atoms with E-state index < -0.39 is 11.8 Å². The van der Waals surface area contributed by atoms with Crippen molar-refractivity contribution >= 4 is 21.9 Å². The van der Waals surface area contributed by atoms with Crippen LogP contribution in [0.15, 0.2) is 16.6 Å². The molecule has 3 nitrogen and oxygen atoms in total. The highest BCUT2D eigenvalue weighted by Gasteiger charge is 2.17. The number of hydrogen-bond acceptors (Lipinski definition) is 3. The lowest BCUT2D eigenvalue weighted by Crippen LogP contribution is -2.07. The van der Waals surface area contributed by atoms with Gasteiger partial charge in [-0.3, -0.25) is 0 Å². The summed E-state index contributed by atoms with van der Waals surface area (Å²) < 4.78 is 23.5. The molecule has 0 radical (unpaired) electrons. The largest absolute Gasteiger partial charge is 0.492 e. The maximum Gasteiger partial charge on any atom is 0.341 e. The molecule has 0 atom stereocenters. The molecule has 0 aliphatic carbocycles. The molecule has 0 N–H and O–H groups in total. The number of rotatable bonds is 4. The molecule has 0 unspecified atom stereocenters. The summed E-state index contributed by atoms with van der Waals surface area (Å²) in [4.78, 5) is 11.4. The lowest BCUT2D eigenvalue weighted by molar-refractivity contribution is 0.0595. The number of carbonyl (C=O) groups is 1. The zero-order valence-corrected chi connectivity index (χ0v) is 10.6. The average molecular weight is 291 g/mol. The topological polar surface area (TPSA) is 35.5 Å². The molecular formula is C11H12BrFO3. The third-order valence-electron chi connectivity index (χ3n) is 1.86. The minimum Gasteiger partial charge on any atom is -0.492 e. The zero-order valence-electron chi connectivity index (χ0n) is 9.05. The Morgan fingerprint density at radius 2 is 2.19 bits per heavy atom. The second-order valence-corrected chi connectivity index (χ2v) is 3.96. The maximum atomic E-state index is 13.1. The third-order valence-corrected chi connectivity index (χ3v) is 2.45. The fourth-order valence-electron chi connectivity index (χ4n) is 1.17. The van der Waals surface area contributed by atoms with Crippen LogP contribution in [0.2, 0.25) is 0 Å². The Morgan fingerprint density at radius 1 is 1.50 bits per heavy atom. The highest BCUT2D eigenvalue weighted by Crippen LogP contribution is 2.31. The third kappa shape index (κ3) is 2.95. The van der Waals surface area contributed by atoms with E-state index in [1.807, 2.05) is 6.92 Å². The van der Waals surface area contributed by atoms with E-state index in [9.17, 15) is 9.18 Å². The number of ether oxygens (including phenoxy) is 2. The lowest BCUT2D eigenvalue weighted by atomic mass is 10.2. The van der Waals surface area contributed by atoms with Crippen LogP contribution >= 0.6 is 15.9 Å². The van der Waals surface area contributed by atoms with Gasteiger partial charge in [-0.25, -0.2) is 9.18 Å². The highest BCUT2D eigenvalue weighted by molar-refractivity contribution is 9.10. The molecule has 1 aromatic carbocycles. The highest BCUT2D eigenvalue weighted by atomic mass is 79.9. The predicted octanol–water partition coefficient (Wildman–Crippen LogP) is 3.16. The second kappa shape index (κ2) is 5.84. The summed E-state index contributed by atoms with van der Waals surface area (Å²) in [5.74, 6) is -0.822. The summed E-state index contributed by atoms with van der Waals surface area (Å²) in [6, 6.07) is 2.35. The van der Waals surface area contributed by atoms with Crippen LogP contribution in [0.5, 0.6) is 5.75 Å². The summed E-state index contributed by atoms with van der Waals surface area (Å²) in [5.41, 5.74) is 0.0859. The summed E-state index contributed by atoms with van der Waals surface area (Å²) >= 11 is 3.15. The van der Waals surface area contributed by atoms with Gasteiger partial charge in [0, 0.05) is 0 Å². The molecule has 5 heteroatoms. The first-order valence-corrected chi connectivity index (χ1v) is 5.59. The minimum absolute atomic E-state index is 0.0859. The van der Waals surface area contributed by atoms with Crippen molar-refractivity contribution < 1.29 is 18.7 Å². The van der Waals surface area contributed by atoms with E-state index in [2.05, 4.69) is 20.7 Å². The SMILES string of the molecule is CCCOc1c(Br)cc(F)cc1C(=O)OC. The molecule has 0 spiro atoms. The first-order chi connectivity index (χ1) is 7.60. The van der Waals surface area contributed by atoms with Crippen LogP contribution in [0, 0.1) is 5.82 Å². The van der Waals surface area contributed by atoms with Gasteiger partial charge in [0.2, 0.25) is 0 Å². The van der Waals surface area contributed by atoms with Gasteiger partial charge in [0.05, 0.1) is 18.2 Å². The molecular weight excluding hydrogens is 279 g/mol.